The van der Waals surface area contributed by atoms with E-state index in [0.29, 0.717) is 18.7 Å². The Balaban J connectivity index is 1.55. The summed E-state index contributed by atoms with van der Waals surface area (Å²) in [6, 6.07) is 13.3. The minimum atomic E-state index is -3.63. The third kappa shape index (κ3) is 5.31. The standard InChI is InChI=1S/C20H24N2O5S/c1-26-17-8-4-15(5-9-17)13-21-20(23)16-6-10-19(11-7-16)28(24,25)22-14-18-3-2-12-27-18/h4-11,18,22H,2-3,12-14H2,1H3,(H,21,23)/t18-/m1/s1. The number of rotatable bonds is 8. The van der Waals surface area contributed by atoms with Crippen LogP contribution in [0.5, 0.6) is 5.75 Å². The molecule has 2 aromatic rings. The molecule has 28 heavy (non-hydrogen) atoms. The number of hydrogen-bond acceptors (Lipinski definition) is 5. The third-order valence-electron chi connectivity index (χ3n) is 4.56. The van der Waals surface area contributed by atoms with Gasteiger partial charge in [0.2, 0.25) is 10.0 Å². The van der Waals surface area contributed by atoms with E-state index in [1.54, 1.807) is 7.11 Å². The Morgan fingerprint density at radius 3 is 2.46 bits per heavy atom. The number of amides is 1. The van der Waals surface area contributed by atoms with Gasteiger partial charge in [-0.05, 0) is 54.8 Å². The molecule has 150 valence electrons. The van der Waals surface area contributed by atoms with E-state index >= 15 is 0 Å². The van der Waals surface area contributed by atoms with Gasteiger partial charge in [-0.3, -0.25) is 4.79 Å². The quantitative estimate of drug-likeness (QED) is 0.703. The van der Waals surface area contributed by atoms with Crippen molar-refractivity contribution in [1.82, 2.24) is 10.0 Å². The lowest BCUT2D eigenvalue weighted by atomic mass is 10.2. The number of methoxy groups -OCH3 is 1. The lowest BCUT2D eigenvalue weighted by molar-refractivity contribution is 0.0951. The molecule has 3 rings (SSSR count). The van der Waals surface area contributed by atoms with Crippen molar-refractivity contribution in [3.05, 3.63) is 59.7 Å². The van der Waals surface area contributed by atoms with Crippen LogP contribution in [0.1, 0.15) is 28.8 Å². The summed E-state index contributed by atoms with van der Waals surface area (Å²) in [7, 11) is -2.03. The van der Waals surface area contributed by atoms with E-state index in [2.05, 4.69) is 10.0 Å². The fourth-order valence-electron chi connectivity index (χ4n) is 2.90. The first-order chi connectivity index (χ1) is 13.5. The maximum Gasteiger partial charge on any atom is 0.251 e. The maximum atomic E-state index is 12.4. The number of hydrogen-bond donors (Lipinski definition) is 2. The fraction of sp³-hybridized carbons (Fsp3) is 0.350. The molecule has 1 aliphatic heterocycles. The molecule has 0 bridgehead atoms. The van der Waals surface area contributed by atoms with Crippen molar-refractivity contribution in [2.45, 2.75) is 30.4 Å². The van der Waals surface area contributed by atoms with Crippen molar-refractivity contribution in [2.24, 2.45) is 0 Å². The van der Waals surface area contributed by atoms with Gasteiger partial charge in [0.15, 0.2) is 0 Å². The van der Waals surface area contributed by atoms with Gasteiger partial charge in [0.25, 0.3) is 5.91 Å². The molecule has 1 heterocycles. The predicted octanol–water partition coefficient (Wildman–Crippen LogP) is 2.08. The van der Waals surface area contributed by atoms with Crippen LogP contribution in [0.15, 0.2) is 53.4 Å². The molecule has 0 aliphatic carbocycles. The first-order valence-electron chi connectivity index (χ1n) is 9.10. The predicted molar refractivity (Wildman–Crippen MR) is 105 cm³/mol. The summed E-state index contributed by atoms with van der Waals surface area (Å²) < 4.78 is 37.8. The van der Waals surface area contributed by atoms with Gasteiger partial charge in [0, 0.05) is 25.3 Å². The number of benzene rings is 2. The van der Waals surface area contributed by atoms with Crippen LogP contribution in [-0.2, 0) is 21.3 Å². The van der Waals surface area contributed by atoms with Crippen molar-refractivity contribution in [3.8, 4) is 5.75 Å². The molecule has 8 heteroatoms. The number of sulfonamides is 1. The normalized spacial score (nSPS) is 16.7. The number of nitrogens with one attached hydrogen (secondary N) is 2. The molecule has 0 unspecified atom stereocenters. The second kappa shape index (κ2) is 9.18. The van der Waals surface area contributed by atoms with E-state index in [-0.39, 0.29) is 23.5 Å². The maximum absolute atomic E-state index is 12.4. The molecule has 1 amide bonds. The Morgan fingerprint density at radius 2 is 1.86 bits per heavy atom. The number of ether oxygens (including phenoxy) is 2. The molecular formula is C20H24N2O5S. The smallest absolute Gasteiger partial charge is 0.251 e. The van der Waals surface area contributed by atoms with E-state index in [9.17, 15) is 13.2 Å². The Hall–Kier alpha value is -2.42. The minimum absolute atomic E-state index is 0.0715. The summed E-state index contributed by atoms with van der Waals surface area (Å²) in [4.78, 5) is 12.4. The molecule has 1 saturated heterocycles. The van der Waals surface area contributed by atoms with Crippen LogP contribution >= 0.6 is 0 Å². The summed E-state index contributed by atoms with van der Waals surface area (Å²) in [6.45, 7) is 1.30. The van der Waals surface area contributed by atoms with Crippen LogP contribution in [-0.4, -0.2) is 40.7 Å². The Kier molecular flexibility index (Phi) is 6.66. The van der Waals surface area contributed by atoms with Gasteiger partial charge in [-0.15, -0.1) is 0 Å². The van der Waals surface area contributed by atoms with Gasteiger partial charge in [0.05, 0.1) is 18.1 Å². The van der Waals surface area contributed by atoms with Crippen molar-refractivity contribution in [2.75, 3.05) is 20.3 Å². The lowest BCUT2D eigenvalue weighted by Gasteiger charge is -2.12. The fourth-order valence-corrected chi connectivity index (χ4v) is 3.97. The second-order valence-electron chi connectivity index (χ2n) is 6.54. The van der Waals surface area contributed by atoms with Crippen molar-refractivity contribution in [3.63, 3.8) is 0 Å². The van der Waals surface area contributed by atoms with E-state index in [1.807, 2.05) is 24.3 Å². The average molecular weight is 404 g/mol. The topological polar surface area (TPSA) is 93.7 Å². The molecule has 0 radical (unpaired) electrons. The van der Waals surface area contributed by atoms with Gasteiger partial charge in [-0.1, -0.05) is 12.1 Å². The van der Waals surface area contributed by atoms with Crippen molar-refractivity contribution in [1.29, 1.82) is 0 Å². The molecule has 0 saturated carbocycles. The van der Waals surface area contributed by atoms with Crippen LogP contribution in [0.4, 0.5) is 0 Å². The van der Waals surface area contributed by atoms with Gasteiger partial charge < -0.3 is 14.8 Å². The van der Waals surface area contributed by atoms with Crippen molar-refractivity contribution < 1.29 is 22.7 Å². The molecular weight excluding hydrogens is 380 g/mol. The molecule has 2 aromatic carbocycles. The highest BCUT2D eigenvalue weighted by Gasteiger charge is 2.20. The molecule has 0 aromatic heterocycles. The molecule has 1 atom stereocenters. The zero-order valence-electron chi connectivity index (χ0n) is 15.7. The summed E-state index contributed by atoms with van der Waals surface area (Å²) in [5.74, 6) is 0.479. The minimum Gasteiger partial charge on any atom is -0.497 e. The third-order valence-corrected chi connectivity index (χ3v) is 6.00. The van der Waals surface area contributed by atoms with Crippen LogP contribution < -0.4 is 14.8 Å². The first-order valence-corrected chi connectivity index (χ1v) is 10.6. The first kappa shape index (κ1) is 20.3. The molecule has 7 nitrogen and oxygen atoms in total. The highest BCUT2D eigenvalue weighted by atomic mass is 32.2. The lowest BCUT2D eigenvalue weighted by Crippen LogP contribution is -2.31. The van der Waals surface area contributed by atoms with Gasteiger partial charge >= 0.3 is 0 Å². The number of carbonyl (C=O) groups is 1. The monoisotopic (exact) mass is 404 g/mol. The largest absolute Gasteiger partial charge is 0.497 e. The van der Waals surface area contributed by atoms with E-state index < -0.39 is 10.0 Å². The summed E-state index contributed by atoms with van der Waals surface area (Å²) in [6.07, 6.45) is 1.74. The number of carbonyl (C=O) groups excluding carboxylic acids is 1. The van der Waals surface area contributed by atoms with Crippen LogP contribution in [0, 0.1) is 0 Å². The van der Waals surface area contributed by atoms with E-state index in [0.717, 1.165) is 24.2 Å². The van der Waals surface area contributed by atoms with Crippen LogP contribution in [0.2, 0.25) is 0 Å². The summed E-state index contributed by atoms with van der Waals surface area (Å²) in [5.41, 5.74) is 1.33. The SMILES string of the molecule is COc1ccc(CNC(=O)c2ccc(S(=O)(=O)NC[C@H]3CCCO3)cc2)cc1. The summed E-state index contributed by atoms with van der Waals surface area (Å²) >= 11 is 0. The zero-order valence-corrected chi connectivity index (χ0v) is 16.5. The van der Waals surface area contributed by atoms with Gasteiger partial charge in [-0.2, -0.15) is 0 Å². The van der Waals surface area contributed by atoms with Crippen LogP contribution in [0.25, 0.3) is 0 Å². The Bertz CT molecular complexity index is 889. The van der Waals surface area contributed by atoms with Crippen LogP contribution in [0.3, 0.4) is 0 Å². The second-order valence-corrected chi connectivity index (χ2v) is 8.31. The Labute approximate surface area is 165 Å². The zero-order chi connectivity index (χ0) is 20.0. The van der Waals surface area contributed by atoms with Crippen molar-refractivity contribution >= 4 is 15.9 Å². The highest BCUT2D eigenvalue weighted by molar-refractivity contribution is 7.89. The molecule has 1 aliphatic rings. The Morgan fingerprint density at radius 1 is 1.14 bits per heavy atom. The molecule has 0 spiro atoms. The average Bonchev–Trinajstić information content (AvgIpc) is 3.25. The molecule has 2 N–H and O–H groups in total. The van der Waals surface area contributed by atoms with Gasteiger partial charge in [0.1, 0.15) is 5.75 Å². The molecule has 1 fully saturated rings. The van der Waals surface area contributed by atoms with Gasteiger partial charge in [-0.25, -0.2) is 13.1 Å². The van der Waals surface area contributed by atoms with E-state index in [1.165, 1.54) is 24.3 Å². The summed E-state index contributed by atoms with van der Waals surface area (Å²) in [5, 5.41) is 2.81. The van der Waals surface area contributed by atoms with E-state index in [4.69, 9.17) is 9.47 Å². The highest BCUT2D eigenvalue weighted by Crippen LogP contribution is 2.15.